The number of rotatable bonds is 10. The van der Waals surface area contributed by atoms with Gasteiger partial charge in [0.2, 0.25) is 11.8 Å². The molecule has 0 aromatic rings. The van der Waals surface area contributed by atoms with Crippen molar-refractivity contribution in [1.29, 1.82) is 0 Å². The smallest absolute Gasteiger partial charge is 0.274 e. The molecule has 5 nitrogen and oxygen atoms in total. The Bertz CT molecular complexity index is 374. The lowest BCUT2D eigenvalue weighted by molar-refractivity contribution is -0.145. The molecule has 5 heteroatoms. The molecule has 132 valence electrons. The highest BCUT2D eigenvalue weighted by Gasteiger charge is 2.43. The Kier molecular flexibility index (Phi) is 8.28. The average Bonchev–Trinajstić information content (AvgIpc) is 2.47. The van der Waals surface area contributed by atoms with Crippen LogP contribution in [0.15, 0.2) is 0 Å². The zero-order valence-corrected chi connectivity index (χ0v) is 15.1. The lowest BCUT2D eigenvalue weighted by Gasteiger charge is -2.40. The molecule has 0 unspecified atom stereocenters. The van der Waals surface area contributed by atoms with Crippen LogP contribution in [0.25, 0.3) is 0 Å². The van der Waals surface area contributed by atoms with Gasteiger partial charge in [-0.15, -0.1) is 0 Å². The van der Waals surface area contributed by atoms with E-state index in [0.717, 1.165) is 51.4 Å². The number of hydrogen-bond donors (Lipinski definition) is 0. The van der Waals surface area contributed by atoms with Gasteiger partial charge in [0.1, 0.15) is 6.42 Å². The quantitative estimate of drug-likeness (QED) is 0.568. The molecule has 0 spiro atoms. The lowest BCUT2D eigenvalue weighted by atomic mass is 10.0. The van der Waals surface area contributed by atoms with Crippen molar-refractivity contribution in [1.82, 2.24) is 9.80 Å². The van der Waals surface area contributed by atoms with Gasteiger partial charge in [0.05, 0.1) is 0 Å². The Labute approximate surface area is 140 Å². The molecule has 1 aliphatic rings. The van der Waals surface area contributed by atoms with Gasteiger partial charge >= 0.3 is 6.03 Å². The van der Waals surface area contributed by atoms with Crippen LogP contribution in [0.1, 0.15) is 85.5 Å². The Morgan fingerprint density at radius 3 is 1.26 bits per heavy atom. The third-order valence-corrected chi connectivity index (χ3v) is 4.47. The van der Waals surface area contributed by atoms with Crippen molar-refractivity contribution in [3.63, 3.8) is 0 Å². The normalized spacial score (nSPS) is 16.2. The van der Waals surface area contributed by atoms with Gasteiger partial charge in [-0.05, 0) is 25.7 Å². The molecule has 23 heavy (non-hydrogen) atoms. The molecule has 0 aromatic carbocycles. The second-order valence-electron chi connectivity index (χ2n) is 6.45. The van der Waals surface area contributed by atoms with Crippen molar-refractivity contribution in [3.05, 3.63) is 0 Å². The van der Waals surface area contributed by atoms with E-state index < -0.39 is 0 Å². The number of hydrogen-bond acceptors (Lipinski definition) is 3. The number of barbiturate groups is 1. The molecule has 0 aromatic heterocycles. The predicted octanol–water partition coefficient (Wildman–Crippen LogP) is 4.10. The van der Waals surface area contributed by atoms with Crippen molar-refractivity contribution in [3.8, 4) is 0 Å². The van der Waals surface area contributed by atoms with Crippen molar-refractivity contribution in [2.75, 3.05) is 0 Å². The van der Waals surface area contributed by atoms with Gasteiger partial charge in [-0.25, -0.2) is 4.79 Å². The van der Waals surface area contributed by atoms with E-state index in [1.807, 2.05) is 0 Å². The molecule has 0 atom stereocenters. The Morgan fingerprint density at radius 1 is 0.696 bits per heavy atom. The highest BCUT2D eigenvalue weighted by Crippen LogP contribution is 2.25. The third kappa shape index (κ3) is 4.79. The number of urea groups is 1. The fourth-order valence-electron chi connectivity index (χ4n) is 3.49. The van der Waals surface area contributed by atoms with Crippen LogP contribution in [-0.4, -0.2) is 39.7 Å². The molecular formula is C18H32N2O3. The van der Waals surface area contributed by atoms with E-state index in [-0.39, 0.29) is 36.3 Å². The molecule has 0 aliphatic carbocycles. The van der Waals surface area contributed by atoms with Gasteiger partial charge in [0.15, 0.2) is 0 Å². The second-order valence-corrected chi connectivity index (χ2v) is 6.45. The number of imide groups is 2. The topological polar surface area (TPSA) is 57.7 Å². The summed E-state index contributed by atoms with van der Waals surface area (Å²) in [4.78, 5) is 40.4. The van der Waals surface area contributed by atoms with Crippen molar-refractivity contribution in [2.24, 2.45) is 0 Å². The van der Waals surface area contributed by atoms with Crippen molar-refractivity contribution >= 4 is 17.8 Å². The standard InChI is InChI=1S/C18H32N2O3/c1-5-9-14(10-6-2)19-16(21)13-17(22)20(18(19)23)15(11-7-3)12-8-4/h14-15H,5-13H2,1-4H3. The van der Waals surface area contributed by atoms with E-state index in [4.69, 9.17) is 0 Å². The first kappa shape index (κ1) is 19.7. The van der Waals surface area contributed by atoms with Gasteiger partial charge in [-0.3, -0.25) is 19.4 Å². The molecule has 0 saturated carbocycles. The Hall–Kier alpha value is -1.39. The minimum absolute atomic E-state index is 0.0792. The van der Waals surface area contributed by atoms with Gasteiger partial charge in [0.25, 0.3) is 0 Å². The van der Waals surface area contributed by atoms with Crippen LogP contribution in [-0.2, 0) is 9.59 Å². The van der Waals surface area contributed by atoms with Crippen LogP contribution in [0.5, 0.6) is 0 Å². The monoisotopic (exact) mass is 324 g/mol. The van der Waals surface area contributed by atoms with Gasteiger partial charge in [0, 0.05) is 12.1 Å². The molecule has 1 rings (SSSR count). The minimum atomic E-state index is -0.384. The second kappa shape index (κ2) is 9.68. The van der Waals surface area contributed by atoms with E-state index in [1.54, 1.807) is 0 Å². The molecule has 1 fully saturated rings. The fourth-order valence-corrected chi connectivity index (χ4v) is 3.49. The average molecular weight is 324 g/mol. The summed E-state index contributed by atoms with van der Waals surface area (Å²) >= 11 is 0. The summed E-state index contributed by atoms with van der Waals surface area (Å²) in [5.41, 5.74) is 0. The first-order valence-electron chi connectivity index (χ1n) is 9.19. The number of nitrogens with zero attached hydrogens (tertiary/aromatic N) is 2. The van der Waals surface area contributed by atoms with E-state index >= 15 is 0 Å². The predicted molar refractivity (Wildman–Crippen MR) is 90.9 cm³/mol. The van der Waals surface area contributed by atoms with Crippen LogP contribution in [0, 0.1) is 0 Å². The molecule has 0 radical (unpaired) electrons. The third-order valence-electron chi connectivity index (χ3n) is 4.47. The van der Waals surface area contributed by atoms with E-state index in [0.29, 0.717) is 0 Å². The summed E-state index contributed by atoms with van der Waals surface area (Å²) in [6, 6.07) is -0.543. The van der Waals surface area contributed by atoms with Crippen molar-refractivity contribution < 1.29 is 14.4 Å². The van der Waals surface area contributed by atoms with Crippen LogP contribution in [0.4, 0.5) is 4.79 Å². The maximum Gasteiger partial charge on any atom is 0.333 e. The molecule has 4 amide bonds. The maximum atomic E-state index is 12.9. The zero-order chi connectivity index (χ0) is 17.4. The highest BCUT2D eigenvalue weighted by atomic mass is 16.2. The van der Waals surface area contributed by atoms with E-state index in [2.05, 4.69) is 27.7 Å². The number of carbonyl (C=O) groups is 3. The first-order valence-corrected chi connectivity index (χ1v) is 9.19. The first-order chi connectivity index (χ1) is 11.0. The fraction of sp³-hybridized carbons (Fsp3) is 0.833. The summed E-state index contributed by atoms with van der Waals surface area (Å²) < 4.78 is 0. The van der Waals surface area contributed by atoms with Crippen molar-refractivity contribution in [2.45, 2.75) is 97.6 Å². The Balaban J connectivity index is 3.06. The SMILES string of the molecule is CCCC(CCC)N1C(=O)CC(=O)N(C(CCC)CCC)C1=O. The lowest BCUT2D eigenvalue weighted by Crippen LogP contribution is -2.60. The zero-order valence-electron chi connectivity index (χ0n) is 15.1. The summed E-state index contributed by atoms with van der Waals surface area (Å²) in [6.07, 6.45) is 6.73. The number of carbonyl (C=O) groups excluding carboxylic acids is 3. The summed E-state index contributed by atoms with van der Waals surface area (Å²) in [5.74, 6) is -0.648. The van der Waals surface area contributed by atoms with Crippen LogP contribution in [0.3, 0.4) is 0 Å². The maximum absolute atomic E-state index is 12.9. The highest BCUT2D eigenvalue weighted by molar-refractivity contribution is 6.14. The van der Waals surface area contributed by atoms with Gasteiger partial charge < -0.3 is 0 Å². The minimum Gasteiger partial charge on any atom is -0.274 e. The summed E-state index contributed by atoms with van der Waals surface area (Å²) in [6.45, 7) is 8.23. The number of amides is 4. The largest absolute Gasteiger partial charge is 0.333 e. The summed E-state index contributed by atoms with van der Waals surface area (Å²) in [7, 11) is 0. The van der Waals surface area contributed by atoms with Gasteiger partial charge in [-0.2, -0.15) is 0 Å². The molecule has 1 heterocycles. The van der Waals surface area contributed by atoms with Gasteiger partial charge in [-0.1, -0.05) is 53.4 Å². The molecular weight excluding hydrogens is 292 g/mol. The Morgan fingerprint density at radius 2 is 1.00 bits per heavy atom. The molecule has 1 aliphatic heterocycles. The summed E-state index contributed by atoms with van der Waals surface area (Å²) in [5, 5.41) is 0. The van der Waals surface area contributed by atoms with Crippen LogP contribution < -0.4 is 0 Å². The van der Waals surface area contributed by atoms with Crippen LogP contribution in [0.2, 0.25) is 0 Å². The molecule has 0 bridgehead atoms. The molecule has 1 saturated heterocycles. The van der Waals surface area contributed by atoms with E-state index in [1.165, 1.54) is 9.80 Å². The van der Waals surface area contributed by atoms with E-state index in [9.17, 15) is 14.4 Å². The molecule has 0 N–H and O–H groups in total. The van der Waals surface area contributed by atoms with Crippen LogP contribution >= 0.6 is 0 Å².